The topological polar surface area (TPSA) is 47.7 Å². The van der Waals surface area contributed by atoms with Crippen molar-refractivity contribution in [3.8, 4) is 0 Å². The lowest BCUT2D eigenvalue weighted by atomic mass is 10.4. The van der Waals surface area contributed by atoms with Crippen LogP contribution in [0.25, 0.3) is 0 Å². The van der Waals surface area contributed by atoms with Gasteiger partial charge in [-0.15, -0.1) is 0 Å². The van der Waals surface area contributed by atoms with Crippen LogP contribution in [0.5, 0.6) is 0 Å². The molecule has 0 unspecified atom stereocenters. The standard InChI is InChI=1S/C12H19N5/c1-11-9-15-17(10-11)8-4-13-3-6-16-7-5-14-12(16)2/h5,7,9-10,13H,3-4,6,8H2,1-2H3. The van der Waals surface area contributed by atoms with Gasteiger partial charge in [0, 0.05) is 38.2 Å². The molecule has 0 amide bonds. The van der Waals surface area contributed by atoms with Gasteiger partial charge >= 0.3 is 0 Å². The molecule has 0 radical (unpaired) electrons. The number of imidazole rings is 1. The number of rotatable bonds is 6. The molecule has 0 aromatic carbocycles. The third kappa shape index (κ3) is 3.42. The quantitative estimate of drug-likeness (QED) is 0.757. The fourth-order valence-electron chi connectivity index (χ4n) is 1.75. The van der Waals surface area contributed by atoms with Gasteiger partial charge < -0.3 is 9.88 Å². The van der Waals surface area contributed by atoms with E-state index in [1.54, 1.807) is 0 Å². The zero-order valence-electron chi connectivity index (χ0n) is 10.4. The minimum atomic E-state index is 0.913. The van der Waals surface area contributed by atoms with Crippen LogP contribution < -0.4 is 5.32 Å². The fourth-order valence-corrected chi connectivity index (χ4v) is 1.75. The molecule has 0 bridgehead atoms. The van der Waals surface area contributed by atoms with E-state index < -0.39 is 0 Å². The summed E-state index contributed by atoms with van der Waals surface area (Å²) in [6.07, 6.45) is 7.78. The van der Waals surface area contributed by atoms with Crippen molar-refractivity contribution in [1.82, 2.24) is 24.6 Å². The predicted molar refractivity (Wildman–Crippen MR) is 66.8 cm³/mol. The molecule has 0 aliphatic carbocycles. The van der Waals surface area contributed by atoms with Crippen LogP contribution in [0.1, 0.15) is 11.4 Å². The Morgan fingerprint density at radius 1 is 1.24 bits per heavy atom. The van der Waals surface area contributed by atoms with E-state index in [1.807, 2.05) is 30.2 Å². The van der Waals surface area contributed by atoms with Crippen molar-refractivity contribution >= 4 is 0 Å². The highest BCUT2D eigenvalue weighted by Gasteiger charge is 1.96. The zero-order valence-corrected chi connectivity index (χ0v) is 10.4. The second-order valence-electron chi connectivity index (χ2n) is 4.20. The average molecular weight is 233 g/mol. The van der Waals surface area contributed by atoms with Gasteiger partial charge in [0.2, 0.25) is 0 Å². The molecule has 2 rings (SSSR count). The Labute approximate surface area is 101 Å². The van der Waals surface area contributed by atoms with Gasteiger partial charge in [-0.05, 0) is 19.4 Å². The molecule has 0 saturated carbocycles. The van der Waals surface area contributed by atoms with Crippen LogP contribution in [0.3, 0.4) is 0 Å². The molecule has 2 heterocycles. The Morgan fingerprint density at radius 3 is 2.71 bits per heavy atom. The van der Waals surface area contributed by atoms with Crippen LogP contribution >= 0.6 is 0 Å². The van der Waals surface area contributed by atoms with Crippen molar-refractivity contribution in [2.45, 2.75) is 26.9 Å². The van der Waals surface area contributed by atoms with Gasteiger partial charge in [0.1, 0.15) is 5.82 Å². The van der Waals surface area contributed by atoms with E-state index in [0.29, 0.717) is 0 Å². The minimum absolute atomic E-state index is 0.913. The Bertz CT molecular complexity index is 457. The minimum Gasteiger partial charge on any atom is -0.334 e. The number of nitrogens with one attached hydrogen (secondary N) is 1. The highest BCUT2D eigenvalue weighted by atomic mass is 15.3. The van der Waals surface area contributed by atoms with Crippen molar-refractivity contribution in [3.63, 3.8) is 0 Å². The molecule has 0 spiro atoms. The first kappa shape index (κ1) is 11.9. The summed E-state index contributed by atoms with van der Waals surface area (Å²) in [6.45, 7) is 7.85. The van der Waals surface area contributed by atoms with Crippen molar-refractivity contribution in [2.24, 2.45) is 0 Å². The van der Waals surface area contributed by atoms with E-state index in [1.165, 1.54) is 5.56 Å². The molecule has 0 aliphatic rings. The predicted octanol–water partition coefficient (Wildman–Crippen LogP) is 0.986. The van der Waals surface area contributed by atoms with Gasteiger partial charge in [0.25, 0.3) is 0 Å². The third-order valence-electron chi connectivity index (χ3n) is 2.73. The van der Waals surface area contributed by atoms with Crippen molar-refractivity contribution in [3.05, 3.63) is 36.2 Å². The maximum atomic E-state index is 4.24. The van der Waals surface area contributed by atoms with Gasteiger partial charge in [-0.3, -0.25) is 4.68 Å². The molecular weight excluding hydrogens is 214 g/mol. The Morgan fingerprint density at radius 2 is 2.06 bits per heavy atom. The summed E-state index contributed by atoms with van der Waals surface area (Å²) in [5, 5.41) is 7.64. The van der Waals surface area contributed by atoms with E-state index >= 15 is 0 Å². The number of aryl methyl sites for hydroxylation is 2. The molecule has 0 aliphatic heterocycles. The summed E-state index contributed by atoms with van der Waals surface area (Å²) in [5.74, 6) is 1.06. The van der Waals surface area contributed by atoms with Crippen LogP contribution in [0.15, 0.2) is 24.8 Å². The highest BCUT2D eigenvalue weighted by molar-refractivity contribution is 4.99. The van der Waals surface area contributed by atoms with E-state index in [-0.39, 0.29) is 0 Å². The average Bonchev–Trinajstić information content (AvgIpc) is 2.88. The normalized spacial score (nSPS) is 10.9. The molecule has 5 nitrogen and oxygen atoms in total. The molecule has 17 heavy (non-hydrogen) atoms. The monoisotopic (exact) mass is 233 g/mol. The van der Waals surface area contributed by atoms with E-state index in [2.05, 4.69) is 33.1 Å². The number of hydrogen-bond acceptors (Lipinski definition) is 3. The molecule has 5 heteroatoms. The summed E-state index contributed by atoms with van der Waals surface area (Å²) < 4.78 is 4.11. The Kier molecular flexibility index (Phi) is 3.93. The summed E-state index contributed by atoms with van der Waals surface area (Å²) in [5.41, 5.74) is 1.21. The van der Waals surface area contributed by atoms with Gasteiger partial charge in [-0.2, -0.15) is 5.10 Å². The highest BCUT2D eigenvalue weighted by Crippen LogP contribution is 1.94. The molecule has 92 valence electrons. The third-order valence-corrected chi connectivity index (χ3v) is 2.73. The molecule has 2 aromatic heterocycles. The van der Waals surface area contributed by atoms with Gasteiger partial charge in [-0.1, -0.05) is 0 Å². The van der Waals surface area contributed by atoms with Crippen LogP contribution in [0.2, 0.25) is 0 Å². The molecule has 0 fully saturated rings. The molecular formula is C12H19N5. The smallest absolute Gasteiger partial charge is 0.105 e. The summed E-state index contributed by atoms with van der Waals surface area (Å²) in [7, 11) is 0. The first-order valence-corrected chi connectivity index (χ1v) is 5.93. The Hall–Kier alpha value is -1.62. The summed E-state index contributed by atoms with van der Waals surface area (Å²) in [6, 6.07) is 0. The first-order chi connectivity index (χ1) is 8.25. The van der Waals surface area contributed by atoms with Gasteiger partial charge in [0.05, 0.1) is 12.7 Å². The molecule has 1 N–H and O–H groups in total. The largest absolute Gasteiger partial charge is 0.334 e. The fraction of sp³-hybridized carbons (Fsp3) is 0.500. The maximum absolute atomic E-state index is 4.24. The first-order valence-electron chi connectivity index (χ1n) is 5.93. The van der Waals surface area contributed by atoms with Crippen molar-refractivity contribution in [1.29, 1.82) is 0 Å². The lowest BCUT2D eigenvalue weighted by Gasteiger charge is -2.07. The number of aromatic nitrogens is 4. The second kappa shape index (κ2) is 5.63. The van der Waals surface area contributed by atoms with Crippen molar-refractivity contribution in [2.75, 3.05) is 13.1 Å². The molecule has 0 saturated heterocycles. The van der Waals surface area contributed by atoms with Crippen LogP contribution in [0, 0.1) is 13.8 Å². The lowest BCUT2D eigenvalue weighted by molar-refractivity contribution is 0.528. The van der Waals surface area contributed by atoms with E-state index in [0.717, 1.165) is 32.0 Å². The van der Waals surface area contributed by atoms with Crippen LogP contribution in [0.4, 0.5) is 0 Å². The zero-order chi connectivity index (χ0) is 12.1. The van der Waals surface area contributed by atoms with Crippen LogP contribution in [-0.4, -0.2) is 32.4 Å². The summed E-state index contributed by atoms with van der Waals surface area (Å²) in [4.78, 5) is 4.19. The van der Waals surface area contributed by atoms with Crippen LogP contribution in [-0.2, 0) is 13.1 Å². The summed E-state index contributed by atoms with van der Waals surface area (Å²) >= 11 is 0. The Balaban J connectivity index is 1.62. The SMILES string of the molecule is Cc1cnn(CCNCCn2ccnc2C)c1. The lowest BCUT2D eigenvalue weighted by Crippen LogP contribution is -2.24. The number of nitrogens with zero attached hydrogens (tertiary/aromatic N) is 4. The molecule has 2 aromatic rings. The molecule has 0 atom stereocenters. The van der Waals surface area contributed by atoms with Gasteiger partial charge in [-0.25, -0.2) is 4.98 Å². The second-order valence-corrected chi connectivity index (χ2v) is 4.20. The van der Waals surface area contributed by atoms with Crippen molar-refractivity contribution < 1.29 is 0 Å². The van der Waals surface area contributed by atoms with Gasteiger partial charge in [0.15, 0.2) is 0 Å². The van der Waals surface area contributed by atoms with E-state index in [9.17, 15) is 0 Å². The number of hydrogen-bond donors (Lipinski definition) is 1. The van der Waals surface area contributed by atoms with E-state index in [4.69, 9.17) is 0 Å². The maximum Gasteiger partial charge on any atom is 0.105 e.